The van der Waals surface area contributed by atoms with E-state index in [0.29, 0.717) is 0 Å². The Balaban J connectivity index is 1.70. The molecule has 1 aliphatic rings. The number of rotatable bonds is 6. The number of hydrogen-bond donors (Lipinski definition) is 3. The fourth-order valence-corrected chi connectivity index (χ4v) is 2.94. The highest BCUT2D eigenvalue weighted by Crippen LogP contribution is 2.22. The number of carbonyl (C=O) groups is 3. The number of hydrogen-bond acceptors (Lipinski definition) is 5. The molecule has 0 bridgehead atoms. The Labute approximate surface area is 161 Å². The highest BCUT2D eigenvalue weighted by molar-refractivity contribution is 6.19. The van der Waals surface area contributed by atoms with Gasteiger partial charge in [-0.1, -0.05) is 24.3 Å². The van der Waals surface area contributed by atoms with Crippen LogP contribution in [0.1, 0.15) is 12.0 Å². The van der Waals surface area contributed by atoms with Crippen LogP contribution in [0.4, 0.5) is 0 Å². The average Bonchev–Trinajstić information content (AvgIpc) is 2.70. The molecule has 3 N–H and O–H groups in total. The lowest BCUT2D eigenvalue weighted by Crippen LogP contribution is -2.43. The minimum absolute atomic E-state index is 0.136. The lowest BCUT2D eigenvalue weighted by atomic mass is 10.0. The van der Waals surface area contributed by atoms with Crippen LogP contribution in [-0.4, -0.2) is 51.0 Å². The van der Waals surface area contributed by atoms with Crippen molar-refractivity contribution in [1.29, 1.82) is 0 Å². The molecule has 3 rings (SSSR count). The molecule has 8 nitrogen and oxygen atoms in total. The van der Waals surface area contributed by atoms with Gasteiger partial charge in [0.15, 0.2) is 0 Å². The van der Waals surface area contributed by atoms with E-state index in [4.69, 9.17) is 5.11 Å². The number of pyridine rings is 1. The third-order valence-corrected chi connectivity index (χ3v) is 4.38. The third kappa shape index (κ3) is 4.35. The van der Waals surface area contributed by atoms with Crippen molar-refractivity contribution in [3.8, 4) is 11.1 Å². The Hall–Kier alpha value is -3.68. The van der Waals surface area contributed by atoms with Crippen LogP contribution in [0.5, 0.6) is 0 Å². The Morgan fingerprint density at radius 3 is 2.36 bits per heavy atom. The van der Waals surface area contributed by atoms with Crippen molar-refractivity contribution in [2.45, 2.75) is 13.0 Å². The van der Waals surface area contributed by atoms with Crippen LogP contribution in [0.25, 0.3) is 11.1 Å². The highest BCUT2D eigenvalue weighted by Gasteiger charge is 2.32. The number of benzene rings is 1. The van der Waals surface area contributed by atoms with E-state index in [9.17, 15) is 19.5 Å². The fourth-order valence-electron chi connectivity index (χ4n) is 2.94. The summed E-state index contributed by atoms with van der Waals surface area (Å²) < 4.78 is 0. The van der Waals surface area contributed by atoms with Gasteiger partial charge in [-0.3, -0.25) is 19.4 Å². The van der Waals surface area contributed by atoms with Crippen LogP contribution in [0.2, 0.25) is 0 Å². The molecule has 0 radical (unpaired) electrons. The molecule has 2 amide bonds. The molecule has 144 valence electrons. The molecule has 8 heteroatoms. The predicted octanol–water partition coefficient (Wildman–Crippen LogP) is 1.49. The summed E-state index contributed by atoms with van der Waals surface area (Å²) in [6, 6.07) is 11.5. The monoisotopic (exact) mass is 381 g/mol. The number of aliphatic carboxylic acids is 1. The first-order valence-corrected chi connectivity index (χ1v) is 8.66. The van der Waals surface area contributed by atoms with Crippen molar-refractivity contribution >= 4 is 17.8 Å². The van der Waals surface area contributed by atoms with Crippen LogP contribution in [0.15, 0.2) is 60.1 Å². The number of carbonyl (C=O) groups excluding carboxylic acids is 2. The largest absolute Gasteiger partial charge is 0.511 e. The molecule has 0 aliphatic carbocycles. The van der Waals surface area contributed by atoms with Crippen LogP contribution in [0.3, 0.4) is 0 Å². The standard InChI is InChI=1S/C20H19N3O5/c24-16-7-10-23(20(28)18(16)19(27)22-11-17(25)26)12-13-1-3-14(4-2-13)15-5-8-21-9-6-15/h1-6,8-9,24H,7,10-12H2,(H,22,27)(H,25,26). The second-order valence-electron chi connectivity index (χ2n) is 6.31. The molecule has 0 saturated heterocycles. The maximum atomic E-state index is 12.6. The first kappa shape index (κ1) is 19.1. The van der Waals surface area contributed by atoms with Crippen LogP contribution < -0.4 is 5.32 Å². The van der Waals surface area contributed by atoms with E-state index in [0.717, 1.165) is 16.7 Å². The van der Waals surface area contributed by atoms with E-state index < -0.39 is 29.9 Å². The van der Waals surface area contributed by atoms with E-state index in [2.05, 4.69) is 10.3 Å². The molecule has 0 atom stereocenters. The van der Waals surface area contributed by atoms with Gasteiger partial charge in [-0.25, -0.2) is 0 Å². The van der Waals surface area contributed by atoms with E-state index in [1.807, 2.05) is 36.4 Å². The molecular formula is C20H19N3O5. The van der Waals surface area contributed by atoms with Crippen LogP contribution >= 0.6 is 0 Å². The number of carboxylic acids is 1. The minimum Gasteiger partial charge on any atom is -0.511 e. The van der Waals surface area contributed by atoms with Gasteiger partial charge in [0.05, 0.1) is 0 Å². The number of aliphatic hydroxyl groups is 1. The van der Waals surface area contributed by atoms with E-state index in [-0.39, 0.29) is 25.3 Å². The molecule has 28 heavy (non-hydrogen) atoms. The van der Waals surface area contributed by atoms with Crippen molar-refractivity contribution < 1.29 is 24.6 Å². The molecule has 0 unspecified atom stereocenters. The van der Waals surface area contributed by atoms with Crippen molar-refractivity contribution in [2.75, 3.05) is 13.1 Å². The number of nitrogens with one attached hydrogen (secondary N) is 1. The molecule has 0 spiro atoms. The fraction of sp³-hybridized carbons (Fsp3) is 0.200. The van der Waals surface area contributed by atoms with E-state index in [1.165, 1.54) is 4.90 Å². The molecule has 1 aliphatic heterocycles. The zero-order valence-electron chi connectivity index (χ0n) is 15.0. The van der Waals surface area contributed by atoms with Crippen LogP contribution in [-0.2, 0) is 20.9 Å². The second-order valence-corrected chi connectivity index (χ2v) is 6.31. The van der Waals surface area contributed by atoms with Crippen molar-refractivity contribution in [2.24, 2.45) is 0 Å². The van der Waals surface area contributed by atoms with Gasteiger partial charge in [0.25, 0.3) is 11.8 Å². The lowest BCUT2D eigenvalue weighted by molar-refractivity contribution is -0.138. The summed E-state index contributed by atoms with van der Waals surface area (Å²) in [6.45, 7) is -0.0791. The summed E-state index contributed by atoms with van der Waals surface area (Å²) in [4.78, 5) is 40.7. The average molecular weight is 381 g/mol. The Kier molecular flexibility index (Phi) is 5.69. The summed E-state index contributed by atoms with van der Waals surface area (Å²) in [5, 5.41) is 20.7. The quantitative estimate of drug-likeness (QED) is 0.652. The summed E-state index contributed by atoms with van der Waals surface area (Å²) in [7, 11) is 0. The Morgan fingerprint density at radius 1 is 1.07 bits per heavy atom. The van der Waals surface area contributed by atoms with Gasteiger partial charge >= 0.3 is 5.97 Å². The van der Waals surface area contributed by atoms with Gasteiger partial charge in [0.1, 0.15) is 17.9 Å². The lowest BCUT2D eigenvalue weighted by Gasteiger charge is -2.28. The van der Waals surface area contributed by atoms with E-state index in [1.54, 1.807) is 12.4 Å². The number of amides is 2. The molecular weight excluding hydrogens is 362 g/mol. The highest BCUT2D eigenvalue weighted by atomic mass is 16.4. The van der Waals surface area contributed by atoms with Crippen molar-refractivity contribution in [3.63, 3.8) is 0 Å². The van der Waals surface area contributed by atoms with Crippen LogP contribution in [0, 0.1) is 0 Å². The summed E-state index contributed by atoms with van der Waals surface area (Å²) in [5.74, 6) is -3.06. The summed E-state index contributed by atoms with van der Waals surface area (Å²) in [6.07, 6.45) is 3.56. The molecule has 1 aromatic carbocycles. The number of carboxylic acid groups (broad SMARTS) is 1. The molecule has 1 aromatic heterocycles. The normalized spacial score (nSPS) is 14.1. The number of nitrogens with zero attached hydrogens (tertiary/aromatic N) is 2. The summed E-state index contributed by atoms with van der Waals surface area (Å²) >= 11 is 0. The Bertz CT molecular complexity index is 923. The van der Waals surface area contributed by atoms with Gasteiger partial charge in [-0.05, 0) is 28.8 Å². The van der Waals surface area contributed by atoms with Gasteiger partial charge in [0.2, 0.25) is 0 Å². The number of aromatic nitrogens is 1. The maximum absolute atomic E-state index is 12.6. The summed E-state index contributed by atoms with van der Waals surface area (Å²) in [5.41, 5.74) is 2.52. The maximum Gasteiger partial charge on any atom is 0.322 e. The molecule has 2 aromatic rings. The minimum atomic E-state index is -1.23. The zero-order chi connectivity index (χ0) is 20.1. The predicted molar refractivity (Wildman–Crippen MR) is 100 cm³/mol. The second kappa shape index (κ2) is 8.34. The molecule has 2 heterocycles. The van der Waals surface area contributed by atoms with E-state index >= 15 is 0 Å². The van der Waals surface area contributed by atoms with Crippen molar-refractivity contribution in [1.82, 2.24) is 15.2 Å². The zero-order valence-corrected chi connectivity index (χ0v) is 15.0. The number of aliphatic hydroxyl groups excluding tert-OH is 1. The topological polar surface area (TPSA) is 120 Å². The molecule has 0 fully saturated rings. The van der Waals surface area contributed by atoms with Gasteiger partial charge < -0.3 is 20.4 Å². The Morgan fingerprint density at radius 2 is 1.71 bits per heavy atom. The van der Waals surface area contributed by atoms with Gasteiger partial charge in [0, 0.05) is 31.9 Å². The molecule has 0 saturated carbocycles. The van der Waals surface area contributed by atoms with Crippen molar-refractivity contribution in [3.05, 3.63) is 65.7 Å². The SMILES string of the molecule is O=C(O)CNC(=O)C1=C(O)CCN(Cc2ccc(-c3ccncc3)cc2)C1=O. The first-order chi connectivity index (χ1) is 13.5. The first-order valence-electron chi connectivity index (χ1n) is 8.66. The van der Waals surface area contributed by atoms with Gasteiger partial charge in [-0.2, -0.15) is 0 Å². The van der Waals surface area contributed by atoms with Gasteiger partial charge in [-0.15, -0.1) is 0 Å². The smallest absolute Gasteiger partial charge is 0.322 e. The third-order valence-electron chi connectivity index (χ3n) is 4.38.